The summed E-state index contributed by atoms with van der Waals surface area (Å²) in [6, 6.07) is 8.55. The molecular weight excluding hydrogens is 365 g/mol. The van der Waals surface area contributed by atoms with Gasteiger partial charge in [-0.3, -0.25) is 10.1 Å². The molecule has 0 aliphatic rings. The Kier molecular flexibility index (Phi) is 5.14. The molecule has 0 unspecified atom stereocenters. The first-order valence-corrected chi connectivity index (χ1v) is 7.24. The number of ether oxygens (including phenoxy) is 1. The molecule has 2 rings (SSSR count). The lowest BCUT2D eigenvalue weighted by Gasteiger charge is -2.09. The molecule has 110 valence electrons. The van der Waals surface area contributed by atoms with Gasteiger partial charge in [0.2, 0.25) is 0 Å². The van der Waals surface area contributed by atoms with E-state index in [2.05, 4.69) is 15.9 Å². The first kappa shape index (κ1) is 15.7. The van der Waals surface area contributed by atoms with Crippen LogP contribution in [0.2, 0.25) is 0 Å². The molecule has 0 aromatic heterocycles. The predicted molar refractivity (Wildman–Crippen MR) is 81.1 cm³/mol. The molecule has 0 saturated heterocycles. The van der Waals surface area contributed by atoms with Crippen LogP contribution in [0.1, 0.15) is 11.1 Å². The smallest absolute Gasteiger partial charge is 0.276 e. The van der Waals surface area contributed by atoms with Crippen LogP contribution in [0.15, 0.2) is 40.9 Å². The van der Waals surface area contributed by atoms with Crippen LogP contribution >= 0.6 is 27.5 Å². The molecule has 0 radical (unpaired) electrons. The number of rotatable bonds is 5. The molecule has 0 atom stereocenters. The predicted octanol–water partition coefficient (Wildman–Crippen LogP) is 4.81. The zero-order valence-corrected chi connectivity index (χ0v) is 13.0. The van der Waals surface area contributed by atoms with Gasteiger partial charge in [0.25, 0.3) is 5.69 Å². The van der Waals surface area contributed by atoms with Crippen LogP contribution in [0.25, 0.3) is 0 Å². The Morgan fingerprint density at radius 2 is 2.05 bits per heavy atom. The molecule has 0 N–H and O–H groups in total. The highest BCUT2D eigenvalue weighted by molar-refractivity contribution is 9.10. The third-order valence-electron chi connectivity index (χ3n) is 2.77. The lowest BCUT2D eigenvalue weighted by Crippen LogP contribution is -2.02. The van der Waals surface area contributed by atoms with E-state index in [1.165, 1.54) is 0 Å². The van der Waals surface area contributed by atoms with Crippen molar-refractivity contribution < 1.29 is 14.1 Å². The molecule has 0 spiro atoms. The molecule has 4 nitrogen and oxygen atoms in total. The van der Waals surface area contributed by atoms with E-state index in [9.17, 15) is 14.5 Å². The second kappa shape index (κ2) is 6.87. The van der Waals surface area contributed by atoms with Gasteiger partial charge in [-0.15, -0.1) is 11.6 Å². The maximum Gasteiger partial charge on any atom is 0.276 e. The van der Waals surface area contributed by atoms with E-state index in [-0.39, 0.29) is 17.9 Å². The third kappa shape index (κ3) is 3.92. The first-order valence-electron chi connectivity index (χ1n) is 5.91. The highest BCUT2D eigenvalue weighted by atomic mass is 79.9. The quantitative estimate of drug-likeness (QED) is 0.428. The minimum atomic E-state index is -0.566. The SMILES string of the molecule is O=[N+]([O-])c1ccc(F)cc1COc1ccc(CCl)cc1Br. The van der Waals surface area contributed by atoms with Gasteiger partial charge < -0.3 is 4.74 Å². The van der Waals surface area contributed by atoms with Crippen LogP contribution in [0.5, 0.6) is 5.75 Å². The first-order chi connectivity index (χ1) is 10.0. The van der Waals surface area contributed by atoms with Crippen molar-refractivity contribution in [1.29, 1.82) is 0 Å². The normalized spacial score (nSPS) is 10.4. The van der Waals surface area contributed by atoms with Crippen molar-refractivity contribution in [3.63, 3.8) is 0 Å². The van der Waals surface area contributed by atoms with Crippen molar-refractivity contribution in [2.45, 2.75) is 12.5 Å². The summed E-state index contributed by atoms with van der Waals surface area (Å²) in [6.07, 6.45) is 0. The Hall–Kier alpha value is -1.66. The van der Waals surface area contributed by atoms with Crippen LogP contribution in [0.3, 0.4) is 0 Å². The van der Waals surface area contributed by atoms with Gasteiger partial charge in [0, 0.05) is 11.9 Å². The summed E-state index contributed by atoms with van der Waals surface area (Å²) in [7, 11) is 0. The number of nitrogens with zero attached hydrogens (tertiary/aromatic N) is 1. The molecule has 2 aromatic rings. The molecule has 7 heteroatoms. The fraction of sp³-hybridized carbons (Fsp3) is 0.143. The third-order valence-corrected chi connectivity index (χ3v) is 3.70. The lowest BCUT2D eigenvalue weighted by molar-refractivity contribution is -0.385. The summed E-state index contributed by atoms with van der Waals surface area (Å²) in [4.78, 5) is 10.3. The van der Waals surface area contributed by atoms with Crippen LogP contribution in [-0.4, -0.2) is 4.92 Å². The average molecular weight is 375 g/mol. The second-order valence-corrected chi connectivity index (χ2v) is 5.34. The summed E-state index contributed by atoms with van der Waals surface area (Å²) >= 11 is 9.05. The maximum atomic E-state index is 13.2. The van der Waals surface area contributed by atoms with Crippen molar-refractivity contribution in [3.8, 4) is 5.75 Å². The van der Waals surface area contributed by atoms with Gasteiger partial charge in [0.1, 0.15) is 18.2 Å². The van der Waals surface area contributed by atoms with Crippen molar-refractivity contribution >= 4 is 33.2 Å². The van der Waals surface area contributed by atoms with E-state index in [4.69, 9.17) is 16.3 Å². The highest BCUT2D eigenvalue weighted by Crippen LogP contribution is 2.28. The number of halogens is 3. The number of alkyl halides is 1. The lowest BCUT2D eigenvalue weighted by atomic mass is 10.2. The maximum absolute atomic E-state index is 13.2. The summed E-state index contributed by atoms with van der Waals surface area (Å²) < 4.78 is 19.4. The van der Waals surface area contributed by atoms with Gasteiger partial charge >= 0.3 is 0 Å². The van der Waals surface area contributed by atoms with E-state index >= 15 is 0 Å². The van der Waals surface area contributed by atoms with Gasteiger partial charge in [-0.05, 0) is 45.8 Å². The number of nitro groups is 1. The van der Waals surface area contributed by atoms with Gasteiger partial charge in [0.05, 0.1) is 15.0 Å². The molecule has 2 aromatic carbocycles. The van der Waals surface area contributed by atoms with Gasteiger partial charge in [-0.1, -0.05) is 6.07 Å². The molecule has 21 heavy (non-hydrogen) atoms. The van der Waals surface area contributed by atoms with E-state index < -0.39 is 10.7 Å². The Balaban J connectivity index is 2.20. The minimum absolute atomic E-state index is 0.104. The number of nitro benzene ring substituents is 1. The van der Waals surface area contributed by atoms with E-state index in [0.29, 0.717) is 16.1 Å². The Morgan fingerprint density at radius 3 is 2.67 bits per heavy atom. The standard InChI is InChI=1S/C14H10BrClFNO3/c15-12-5-9(7-16)1-4-14(12)21-8-10-6-11(17)2-3-13(10)18(19)20/h1-6H,7-8H2. The molecule has 0 saturated carbocycles. The van der Waals surface area contributed by atoms with E-state index in [1.54, 1.807) is 18.2 Å². The largest absolute Gasteiger partial charge is 0.487 e. The van der Waals surface area contributed by atoms with Crippen molar-refractivity contribution in [3.05, 3.63) is 67.9 Å². The molecule has 0 aliphatic heterocycles. The van der Waals surface area contributed by atoms with Crippen molar-refractivity contribution in [2.75, 3.05) is 0 Å². The second-order valence-electron chi connectivity index (χ2n) is 4.22. The van der Waals surface area contributed by atoms with Crippen LogP contribution < -0.4 is 4.74 Å². The number of hydrogen-bond acceptors (Lipinski definition) is 3. The summed E-state index contributed by atoms with van der Waals surface area (Å²) in [5.41, 5.74) is 0.908. The summed E-state index contributed by atoms with van der Waals surface area (Å²) in [5, 5.41) is 10.9. The summed E-state index contributed by atoms with van der Waals surface area (Å²) in [5.74, 6) is 0.326. The minimum Gasteiger partial charge on any atom is -0.487 e. The Bertz CT molecular complexity index is 681. The molecule has 0 heterocycles. The van der Waals surface area contributed by atoms with Gasteiger partial charge in [-0.2, -0.15) is 0 Å². The number of hydrogen-bond donors (Lipinski definition) is 0. The molecule has 0 bridgehead atoms. The zero-order valence-electron chi connectivity index (χ0n) is 10.7. The van der Waals surface area contributed by atoms with Crippen LogP contribution in [-0.2, 0) is 12.5 Å². The topological polar surface area (TPSA) is 52.4 Å². The molecule has 0 aliphatic carbocycles. The van der Waals surface area contributed by atoms with Crippen LogP contribution in [0.4, 0.5) is 10.1 Å². The van der Waals surface area contributed by atoms with E-state index in [1.807, 2.05) is 0 Å². The van der Waals surface area contributed by atoms with Gasteiger partial charge in [-0.25, -0.2) is 4.39 Å². The van der Waals surface area contributed by atoms with Gasteiger partial charge in [0.15, 0.2) is 0 Å². The zero-order chi connectivity index (χ0) is 15.4. The molecule has 0 fully saturated rings. The van der Waals surface area contributed by atoms with Crippen molar-refractivity contribution in [2.24, 2.45) is 0 Å². The fourth-order valence-electron chi connectivity index (χ4n) is 1.75. The number of benzene rings is 2. The molecule has 0 amide bonds. The molecular formula is C14H10BrClFNO3. The Labute approximate surface area is 133 Å². The Morgan fingerprint density at radius 1 is 1.29 bits per heavy atom. The average Bonchev–Trinajstić information content (AvgIpc) is 2.45. The van der Waals surface area contributed by atoms with Crippen LogP contribution in [0, 0.1) is 15.9 Å². The summed E-state index contributed by atoms with van der Waals surface area (Å²) in [6.45, 7) is -0.104. The van der Waals surface area contributed by atoms with E-state index in [0.717, 1.165) is 23.8 Å². The highest BCUT2D eigenvalue weighted by Gasteiger charge is 2.15. The fourth-order valence-corrected chi connectivity index (χ4v) is 2.45. The monoisotopic (exact) mass is 373 g/mol. The van der Waals surface area contributed by atoms with Crippen molar-refractivity contribution in [1.82, 2.24) is 0 Å².